The van der Waals surface area contributed by atoms with Crippen molar-refractivity contribution in [2.24, 2.45) is 0 Å². The molecule has 0 saturated heterocycles. The van der Waals surface area contributed by atoms with Crippen LogP contribution in [-0.2, 0) is 0 Å². The minimum absolute atomic E-state index is 0.190. The number of anilines is 1. The van der Waals surface area contributed by atoms with E-state index in [0.717, 1.165) is 16.1 Å². The van der Waals surface area contributed by atoms with Crippen molar-refractivity contribution in [1.29, 1.82) is 0 Å². The van der Waals surface area contributed by atoms with Crippen LogP contribution in [0.4, 0.5) is 5.69 Å². The Morgan fingerprint density at radius 1 is 1.36 bits per heavy atom. The van der Waals surface area contributed by atoms with Crippen molar-refractivity contribution in [3.8, 4) is 0 Å². The van der Waals surface area contributed by atoms with Crippen LogP contribution >= 0.6 is 11.8 Å². The van der Waals surface area contributed by atoms with Gasteiger partial charge >= 0.3 is 0 Å². The van der Waals surface area contributed by atoms with Crippen molar-refractivity contribution >= 4 is 17.4 Å². The molecule has 0 radical (unpaired) electrons. The zero-order valence-electron chi connectivity index (χ0n) is 8.82. The van der Waals surface area contributed by atoms with Gasteiger partial charge in [-0.25, -0.2) is 0 Å². The number of rotatable bonds is 3. The van der Waals surface area contributed by atoms with Crippen molar-refractivity contribution < 1.29 is 5.11 Å². The fraction of sp³-hybridized carbons (Fsp3) is 0.455. The molecular weight excluding hydrogens is 194 g/mol. The number of hydrogen-bond donors (Lipinski definition) is 2. The van der Waals surface area contributed by atoms with Gasteiger partial charge in [-0.2, -0.15) is 0 Å². The van der Waals surface area contributed by atoms with Crippen LogP contribution in [-0.4, -0.2) is 16.5 Å². The minimum Gasteiger partial charge on any atom is -0.398 e. The highest BCUT2D eigenvalue weighted by atomic mass is 32.2. The molecule has 1 aromatic rings. The van der Waals surface area contributed by atoms with E-state index in [1.807, 2.05) is 32.0 Å². The molecule has 0 spiro atoms. The highest BCUT2D eigenvalue weighted by molar-refractivity contribution is 8.00. The largest absolute Gasteiger partial charge is 0.398 e. The molecule has 1 rings (SSSR count). The molecule has 0 amide bonds. The SMILES string of the molecule is Cc1c(N)cccc1SC(C)C(C)O. The quantitative estimate of drug-likeness (QED) is 0.596. The Labute approximate surface area is 89.5 Å². The predicted octanol–water partition coefficient (Wildman–Crippen LogP) is 2.44. The second-order valence-corrected chi connectivity index (χ2v) is 4.95. The van der Waals surface area contributed by atoms with Gasteiger partial charge in [0.1, 0.15) is 0 Å². The summed E-state index contributed by atoms with van der Waals surface area (Å²) in [7, 11) is 0. The first-order valence-electron chi connectivity index (χ1n) is 4.72. The number of hydrogen-bond acceptors (Lipinski definition) is 3. The van der Waals surface area contributed by atoms with Gasteiger partial charge in [0, 0.05) is 15.8 Å². The normalized spacial score (nSPS) is 15.1. The number of nitrogen functional groups attached to an aromatic ring is 1. The molecule has 0 saturated carbocycles. The van der Waals surface area contributed by atoms with Gasteiger partial charge in [0.25, 0.3) is 0 Å². The molecule has 0 heterocycles. The third-order valence-corrected chi connectivity index (χ3v) is 3.78. The highest BCUT2D eigenvalue weighted by Gasteiger charge is 2.12. The van der Waals surface area contributed by atoms with E-state index in [1.54, 1.807) is 18.7 Å². The third kappa shape index (κ3) is 2.66. The van der Waals surface area contributed by atoms with Crippen LogP contribution in [0.3, 0.4) is 0 Å². The lowest BCUT2D eigenvalue weighted by molar-refractivity contribution is 0.196. The first-order valence-corrected chi connectivity index (χ1v) is 5.60. The molecule has 78 valence electrons. The lowest BCUT2D eigenvalue weighted by Gasteiger charge is -2.16. The molecule has 0 aliphatic rings. The lowest BCUT2D eigenvalue weighted by atomic mass is 10.2. The van der Waals surface area contributed by atoms with Crippen LogP contribution < -0.4 is 5.73 Å². The maximum absolute atomic E-state index is 9.39. The molecule has 0 aliphatic carbocycles. The van der Waals surface area contributed by atoms with E-state index in [0.29, 0.717) is 0 Å². The zero-order valence-corrected chi connectivity index (χ0v) is 9.64. The third-order valence-electron chi connectivity index (χ3n) is 2.32. The van der Waals surface area contributed by atoms with Crippen molar-refractivity contribution in [1.82, 2.24) is 0 Å². The monoisotopic (exact) mass is 211 g/mol. The lowest BCUT2D eigenvalue weighted by Crippen LogP contribution is -2.15. The highest BCUT2D eigenvalue weighted by Crippen LogP contribution is 2.30. The van der Waals surface area contributed by atoms with Gasteiger partial charge in [0.2, 0.25) is 0 Å². The van der Waals surface area contributed by atoms with Crippen molar-refractivity contribution in [2.75, 3.05) is 5.73 Å². The Hall–Kier alpha value is -0.670. The van der Waals surface area contributed by atoms with Gasteiger partial charge in [0.15, 0.2) is 0 Å². The maximum atomic E-state index is 9.39. The fourth-order valence-electron chi connectivity index (χ4n) is 1.06. The van der Waals surface area contributed by atoms with E-state index in [2.05, 4.69) is 0 Å². The Bertz CT molecular complexity index is 312. The van der Waals surface area contributed by atoms with Crippen LogP contribution in [0.5, 0.6) is 0 Å². The molecule has 0 bridgehead atoms. The summed E-state index contributed by atoms with van der Waals surface area (Å²) in [5.74, 6) is 0. The molecule has 0 aromatic heterocycles. The van der Waals surface area contributed by atoms with Crippen LogP contribution in [0.2, 0.25) is 0 Å². The Kier molecular flexibility index (Phi) is 3.84. The van der Waals surface area contributed by atoms with Crippen LogP contribution in [0.15, 0.2) is 23.1 Å². The summed E-state index contributed by atoms with van der Waals surface area (Å²) in [5, 5.41) is 9.58. The summed E-state index contributed by atoms with van der Waals surface area (Å²) < 4.78 is 0. The molecule has 0 aliphatic heterocycles. The summed E-state index contributed by atoms with van der Waals surface area (Å²) in [5.41, 5.74) is 7.71. The molecule has 2 atom stereocenters. The van der Waals surface area contributed by atoms with E-state index in [4.69, 9.17) is 5.73 Å². The smallest absolute Gasteiger partial charge is 0.0631 e. The van der Waals surface area contributed by atoms with Gasteiger partial charge in [-0.3, -0.25) is 0 Å². The number of nitrogens with two attached hydrogens (primary N) is 1. The molecule has 14 heavy (non-hydrogen) atoms. The molecular formula is C11H17NOS. The molecule has 2 nitrogen and oxygen atoms in total. The summed E-state index contributed by atoms with van der Waals surface area (Å²) >= 11 is 1.66. The molecule has 1 aromatic carbocycles. The second kappa shape index (κ2) is 4.71. The summed E-state index contributed by atoms with van der Waals surface area (Å²) in [6, 6.07) is 5.88. The predicted molar refractivity (Wildman–Crippen MR) is 62.6 cm³/mol. The summed E-state index contributed by atoms with van der Waals surface area (Å²) in [6.45, 7) is 5.82. The van der Waals surface area contributed by atoms with Crippen LogP contribution in [0.1, 0.15) is 19.4 Å². The topological polar surface area (TPSA) is 46.2 Å². The van der Waals surface area contributed by atoms with E-state index in [1.165, 1.54) is 0 Å². The van der Waals surface area contributed by atoms with Crippen molar-refractivity contribution in [3.63, 3.8) is 0 Å². The minimum atomic E-state index is -0.305. The Balaban J connectivity index is 2.82. The van der Waals surface area contributed by atoms with Crippen LogP contribution in [0, 0.1) is 6.92 Å². The zero-order chi connectivity index (χ0) is 10.7. The standard InChI is InChI=1S/C11H17NOS/c1-7-10(12)5-4-6-11(7)14-9(3)8(2)13/h4-6,8-9,13H,12H2,1-3H3. The van der Waals surface area contributed by atoms with E-state index < -0.39 is 0 Å². The Morgan fingerprint density at radius 2 is 2.00 bits per heavy atom. The Morgan fingerprint density at radius 3 is 2.57 bits per heavy atom. The maximum Gasteiger partial charge on any atom is 0.0631 e. The van der Waals surface area contributed by atoms with E-state index in [-0.39, 0.29) is 11.4 Å². The van der Waals surface area contributed by atoms with E-state index >= 15 is 0 Å². The molecule has 3 heteroatoms. The first-order chi connectivity index (χ1) is 6.52. The van der Waals surface area contributed by atoms with E-state index in [9.17, 15) is 5.11 Å². The molecule has 3 N–H and O–H groups in total. The molecule has 2 unspecified atom stereocenters. The number of aliphatic hydroxyl groups is 1. The second-order valence-electron chi connectivity index (χ2n) is 3.53. The molecule has 0 fully saturated rings. The fourth-order valence-corrected chi connectivity index (χ4v) is 2.11. The summed E-state index contributed by atoms with van der Waals surface area (Å²) in [4.78, 5) is 1.15. The van der Waals surface area contributed by atoms with Crippen molar-refractivity contribution in [2.45, 2.75) is 37.0 Å². The van der Waals surface area contributed by atoms with Gasteiger partial charge in [-0.1, -0.05) is 13.0 Å². The van der Waals surface area contributed by atoms with Crippen LogP contribution in [0.25, 0.3) is 0 Å². The van der Waals surface area contributed by atoms with Gasteiger partial charge in [-0.05, 0) is 31.5 Å². The number of thioether (sulfide) groups is 1. The van der Waals surface area contributed by atoms with Gasteiger partial charge in [0.05, 0.1) is 6.10 Å². The number of aliphatic hydroxyl groups excluding tert-OH is 1. The average molecular weight is 211 g/mol. The summed E-state index contributed by atoms with van der Waals surface area (Å²) in [6.07, 6.45) is -0.305. The van der Waals surface area contributed by atoms with Gasteiger partial charge < -0.3 is 10.8 Å². The number of benzene rings is 1. The first kappa shape index (κ1) is 11.4. The van der Waals surface area contributed by atoms with Gasteiger partial charge in [-0.15, -0.1) is 11.8 Å². The average Bonchev–Trinajstić information content (AvgIpc) is 2.12. The van der Waals surface area contributed by atoms with Crippen molar-refractivity contribution in [3.05, 3.63) is 23.8 Å².